The fourth-order valence-electron chi connectivity index (χ4n) is 2.78. The number of amides is 1. The number of H-pyrrole nitrogens is 1. The Kier molecular flexibility index (Phi) is 4.47. The lowest BCUT2D eigenvalue weighted by Gasteiger charge is -2.23. The number of nitrogens with zero attached hydrogens (tertiary/aromatic N) is 4. The van der Waals surface area contributed by atoms with E-state index in [1.807, 2.05) is 25.7 Å². The van der Waals surface area contributed by atoms with Crippen molar-refractivity contribution in [1.29, 1.82) is 0 Å². The van der Waals surface area contributed by atoms with Crippen molar-refractivity contribution in [1.82, 2.24) is 25.5 Å². The van der Waals surface area contributed by atoms with Gasteiger partial charge in [0.1, 0.15) is 11.3 Å². The second-order valence-corrected chi connectivity index (χ2v) is 7.54. The SMILES string of the molecule is CC(C)(C)c1cc(C(=O)NC[C@@]2(O)CCN(c3ncccn3)C2)n[nH]1. The molecule has 0 aliphatic carbocycles. The molecule has 1 aliphatic heterocycles. The summed E-state index contributed by atoms with van der Waals surface area (Å²) < 4.78 is 0. The zero-order valence-corrected chi connectivity index (χ0v) is 14.8. The van der Waals surface area contributed by atoms with Gasteiger partial charge in [-0.25, -0.2) is 9.97 Å². The maximum absolute atomic E-state index is 12.3. The number of rotatable bonds is 4. The number of hydrogen-bond donors (Lipinski definition) is 3. The molecule has 1 saturated heterocycles. The summed E-state index contributed by atoms with van der Waals surface area (Å²) in [5.74, 6) is 0.293. The lowest BCUT2D eigenvalue weighted by Crippen LogP contribution is -2.45. The van der Waals surface area contributed by atoms with E-state index in [1.165, 1.54) is 0 Å². The normalized spacial score (nSPS) is 20.7. The molecular weight excluding hydrogens is 320 g/mol. The van der Waals surface area contributed by atoms with E-state index in [0.717, 1.165) is 5.69 Å². The van der Waals surface area contributed by atoms with Crippen molar-refractivity contribution in [2.75, 3.05) is 24.5 Å². The number of carbonyl (C=O) groups is 1. The van der Waals surface area contributed by atoms with Crippen LogP contribution in [0.25, 0.3) is 0 Å². The Morgan fingerprint density at radius 3 is 2.76 bits per heavy atom. The van der Waals surface area contributed by atoms with Gasteiger partial charge in [0.2, 0.25) is 5.95 Å². The minimum absolute atomic E-state index is 0.106. The number of carbonyl (C=O) groups excluding carboxylic acids is 1. The van der Waals surface area contributed by atoms with Crippen LogP contribution in [0.5, 0.6) is 0 Å². The van der Waals surface area contributed by atoms with Crippen molar-refractivity contribution in [3.8, 4) is 0 Å². The summed E-state index contributed by atoms with van der Waals surface area (Å²) in [5.41, 5.74) is 0.114. The van der Waals surface area contributed by atoms with E-state index in [1.54, 1.807) is 24.5 Å². The third-order valence-electron chi connectivity index (χ3n) is 4.36. The Morgan fingerprint density at radius 2 is 2.12 bits per heavy atom. The lowest BCUT2D eigenvalue weighted by atomic mass is 9.92. The fraction of sp³-hybridized carbons (Fsp3) is 0.529. The van der Waals surface area contributed by atoms with Crippen LogP contribution in [0.15, 0.2) is 24.5 Å². The van der Waals surface area contributed by atoms with E-state index in [2.05, 4.69) is 25.5 Å². The standard InChI is InChI=1S/C17H24N6O2/c1-16(2,3)13-9-12(21-22-13)14(24)20-10-17(25)5-8-23(11-17)15-18-6-4-7-19-15/h4,6-7,9,25H,5,8,10-11H2,1-3H3,(H,20,24)(H,21,22)/t17-/m0/s1. The van der Waals surface area contributed by atoms with Gasteiger partial charge in [-0.15, -0.1) is 0 Å². The van der Waals surface area contributed by atoms with Crippen LogP contribution in [0, 0.1) is 0 Å². The third-order valence-corrected chi connectivity index (χ3v) is 4.36. The highest BCUT2D eigenvalue weighted by atomic mass is 16.3. The zero-order chi connectivity index (χ0) is 18.1. The van der Waals surface area contributed by atoms with Crippen LogP contribution in [-0.2, 0) is 5.41 Å². The number of anilines is 1. The van der Waals surface area contributed by atoms with Gasteiger partial charge < -0.3 is 15.3 Å². The van der Waals surface area contributed by atoms with Gasteiger partial charge >= 0.3 is 0 Å². The first-order valence-electron chi connectivity index (χ1n) is 8.35. The van der Waals surface area contributed by atoms with E-state index in [9.17, 15) is 9.90 Å². The molecule has 8 nitrogen and oxygen atoms in total. The maximum Gasteiger partial charge on any atom is 0.271 e. The third kappa shape index (κ3) is 3.96. The first kappa shape index (κ1) is 17.3. The van der Waals surface area contributed by atoms with Crippen LogP contribution in [0.3, 0.4) is 0 Å². The Balaban J connectivity index is 1.58. The average molecular weight is 344 g/mol. The largest absolute Gasteiger partial charge is 0.386 e. The number of aliphatic hydroxyl groups is 1. The molecule has 0 aromatic carbocycles. The Labute approximate surface area is 146 Å². The molecule has 1 aliphatic rings. The average Bonchev–Trinajstić information content (AvgIpc) is 3.21. The van der Waals surface area contributed by atoms with Crippen molar-refractivity contribution < 1.29 is 9.90 Å². The van der Waals surface area contributed by atoms with Crippen LogP contribution in [-0.4, -0.2) is 56.4 Å². The molecule has 1 fully saturated rings. The summed E-state index contributed by atoms with van der Waals surface area (Å²) in [6.07, 6.45) is 3.89. The van der Waals surface area contributed by atoms with Crippen LogP contribution < -0.4 is 10.2 Å². The summed E-state index contributed by atoms with van der Waals surface area (Å²) in [5, 5.41) is 20.5. The molecule has 3 heterocycles. The van der Waals surface area contributed by atoms with Gasteiger partial charge in [0.25, 0.3) is 5.91 Å². The van der Waals surface area contributed by atoms with Crippen LogP contribution in [0.1, 0.15) is 43.4 Å². The molecule has 3 N–H and O–H groups in total. The molecule has 0 saturated carbocycles. The predicted molar refractivity (Wildman–Crippen MR) is 93.4 cm³/mol. The second-order valence-electron chi connectivity index (χ2n) is 7.54. The van der Waals surface area contributed by atoms with Gasteiger partial charge in [-0.1, -0.05) is 20.8 Å². The van der Waals surface area contributed by atoms with Crippen LogP contribution >= 0.6 is 0 Å². The second kappa shape index (κ2) is 6.44. The summed E-state index contributed by atoms with van der Waals surface area (Å²) in [6, 6.07) is 3.50. The van der Waals surface area contributed by atoms with Gasteiger partial charge in [-0.2, -0.15) is 5.10 Å². The highest BCUT2D eigenvalue weighted by Gasteiger charge is 2.37. The molecule has 2 aromatic rings. The smallest absolute Gasteiger partial charge is 0.271 e. The number of hydrogen-bond acceptors (Lipinski definition) is 6. The minimum Gasteiger partial charge on any atom is -0.386 e. The molecule has 0 unspecified atom stereocenters. The summed E-state index contributed by atoms with van der Waals surface area (Å²) >= 11 is 0. The molecule has 0 spiro atoms. The Hall–Kier alpha value is -2.48. The number of aromatic nitrogens is 4. The topological polar surface area (TPSA) is 107 Å². The summed E-state index contributed by atoms with van der Waals surface area (Å²) in [4.78, 5) is 22.6. The molecule has 3 rings (SSSR count). The first-order valence-corrected chi connectivity index (χ1v) is 8.35. The minimum atomic E-state index is -1.00. The van der Waals surface area contributed by atoms with E-state index in [0.29, 0.717) is 31.2 Å². The monoisotopic (exact) mass is 344 g/mol. The van der Waals surface area contributed by atoms with Crippen LogP contribution in [0.2, 0.25) is 0 Å². The Bertz CT molecular complexity index is 739. The number of β-amino-alcohol motifs (C(OH)–C–C–N with tert-alkyl or cyclic N) is 1. The van der Waals surface area contributed by atoms with Crippen molar-refractivity contribution in [2.24, 2.45) is 0 Å². The highest BCUT2D eigenvalue weighted by Crippen LogP contribution is 2.24. The van der Waals surface area contributed by atoms with Gasteiger partial charge in [-0.05, 0) is 18.6 Å². The van der Waals surface area contributed by atoms with E-state index in [-0.39, 0.29) is 17.9 Å². The number of aromatic amines is 1. The molecule has 0 bridgehead atoms. The van der Waals surface area contributed by atoms with E-state index in [4.69, 9.17) is 0 Å². The molecular formula is C17H24N6O2. The quantitative estimate of drug-likeness (QED) is 0.760. The molecule has 134 valence electrons. The first-order chi connectivity index (χ1) is 11.8. The molecule has 1 atom stereocenters. The molecule has 0 radical (unpaired) electrons. The van der Waals surface area contributed by atoms with Crippen molar-refractivity contribution in [3.63, 3.8) is 0 Å². The summed E-state index contributed by atoms with van der Waals surface area (Å²) in [7, 11) is 0. The van der Waals surface area contributed by atoms with Gasteiger partial charge in [-0.3, -0.25) is 9.89 Å². The fourth-order valence-corrected chi connectivity index (χ4v) is 2.78. The van der Waals surface area contributed by atoms with Gasteiger partial charge in [0.15, 0.2) is 0 Å². The van der Waals surface area contributed by atoms with Crippen molar-refractivity contribution in [3.05, 3.63) is 35.9 Å². The van der Waals surface area contributed by atoms with Gasteiger partial charge in [0, 0.05) is 36.6 Å². The molecule has 2 aromatic heterocycles. The van der Waals surface area contributed by atoms with E-state index >= 15 is 0 Å². The van der Waals surface area contributed by atoms with E-state index < -0.39 is 5.60 Å². The zero-order valence-electron chi connectivity index (χ0n) is 14.8. The lowest BCUT2D eigenvalue weighted by molar-refractivity contribution is 0.0573. The molecule has 8 heteroatoms. The predicted octanol–water partition coefficient (Wildman–Crippen LogP) is 0.868. The summed E-state index contributed by atoms with van der Waals surface area (Å²) in [6.45, 7) is 7.32. The molecule has 25 heavy (non-hydrogen) atoms. The maximum atomic E-state index is 12.3. The van der Waals surface area contributed by atoms with Crippen LogP contribution in [0.4, 0.5) is 5.95 Å². The van der Waals surface area contributed by atoms with Crippen molar-refractivity contribution >= 4 is 11.9 Å². The highest BCUT2D eigenvalue weighted by molar-refractivity contribution is 5.92. The van der Waals surface area contributed by atoms with Crippen molar-refractivity contribution in [2.45, 2.75) is 38.2 Å². The number of nitrogens with one attached hydrogen (secondary N) is 2. The molecule has 1 amide bonds. The Morgan fingerprint density at radius 1 is 1.40 bits per heavy atom. The van der Waals surface area contributed by atoms with Gasteiger partial charge in [0.05, 0.1) is 6.54 Å².